The number of aliphatic hydroxyl groups is 1. The second kappa shape index (κ2) is 11.4. The lowest BCUT2D eigenvalue weighted by Crippen LogP contribution is -2.42. The molecule has 0 fully saturated rings. The second-order valence-electron chi connectivity index (χ2n) is 7.82. The molecule has 2 N–H and O–H groups in total. The summed E-state index contributed by atoms with van der Waals surface area (Å²) in [6.45, 7) is 10.5. The highest BCUT2D eigenvalue weighted by atomic mass is 35.5. The summed E-state index contributed by atoms with van der Waals surface area (Å²) in [5.41, 5.74) is 0.288. The molecule has 0 amide bonds. The quantitative estimate of drug-likeness (QED) is 0.582. The molecule has 0 spiro atoms. The Morgan fingerprint density at radius 2 is 1.74 bits per heavy atom. The van der Waals surface area contributed by atoms with E-state index in [0.29, 0.717) is 35.8 Å². The molecule has 0 aliphatic heterocycles. The molecule has 0 aromatic heterocycles. The lowest BCUT2D eigenvalue weighted by atomic mass is 9.99. The van der Waals surface area contributed by atoms with E-state index in [1.165, 1.54) is 14.2 Å². The average Bonchev–Trinajstić information content (AvgIpc) is 2.55. The van der Waals surface area contributed by atoms with Gasteiger partial charge in [0.05, 0.1) is 14.2 Å². The molecular formula is C20H34ClNO5. The van der Waals surface area contributed by atoms with E-state index in [0.717, 1.165) is 0 Å². The van der Waals surface area contributed by atoms with Gasteiger partial charge in [-0.25, -0.2) is 0 Å². The number of ether oxygens (including phenoxy) is 3. The molecule has 156 valence electrons. The second-order valence-corrected chi connectivity index (χ2v) is 7.82. The van der Waals surface area contributed by atoms with E-state index in [9.17, 15) is 9.90 Å². The number of benzene rings is 1. The summed E-state index contributed by atoms with van der Waals surface area (Å²) in [6, 6.07) is 3.32. The number of carbonyl (C=O) groups is 1. The minimum Gasteiger partial charge on any atom is -0.496 e. The Hall–Kier alpha value is -1.50. The van der Waals surface area contributed by atoms with Gasteiger partial charge in [0, 0.05) is 30.6 Å². The first-order chi connectivity index (χ1) is 12.1. The highest BCUT2D eigenvalue weighted by Gasteiger charge is 2.22. The van der Waals surface area contributed by atoms with E-state index >= 15 is 0 Å². The van der Waals surface area contributed by atoms with E-state index < -0.39 is 6.10 Å². The molecule has 1 atom stereocenters. The summed E-state index contributed by atoms with van der Waals surface area (Å²) in [4.78, 5) is 12.7. The molecule has 6 nitrogen and oxygen atoms in total. The first-order valence-electron chi connectivity index (χ1n) is 8.92. The molecule has 0 radical (unpaired) electrons. The van der Waals surface area contributed by atoms with Crippen LogP contribution in [0.2, 0.25) is 0 Å². The number of β-amino-alcohol motifs (C(OH)–C–C–N with tert-alkyl or cyclic N) is 1. The lowest BCUT2D eigenvalue weighted by molar-refractivity contribution is 0.0918. The van der Waals surface area contributed by atoms with Crippen molar-refractivity contribution in [2.45, 2.75) is 52.7 Å². The third-order valence-electron chi connectivity index (χ3n) is 3.67. The number of rotatable bonds is 10. The van der Waals surface area contributed by atoms with Crippen LogP contribution in [0.5, 0.6) is 17.2 Å². The number of hydrogen-bond donors (Lipinski definition) is 2. The van der Waals surface area contributed by atoms with Crippen LogP contribution in [0, 0.1) is 5.92 Å². The van der Waals surface area contributed by atoms with Crippen LogP contribution in [0.25, 0.3) is 0 Å². The van der Waals surface area contributed by atoms with Crippen LogP contribution < -0.4 is 19.5 Å². The van der Waals surface area contributed by atoms with E-state index in [4.69, 9.17) is 14.2 Å². The zero-order valence-corrected chi connectivity index (χ0v) is 18.2. The molecule has 1 aromatic carbocycles. The smallest absolute Gasteiger partial charge is 0.170 e. The van der Waals surface area contributed by atoms with Crippen molar-refractivity contribution >= 4 is 18.2 Å². The molecule has 0 aliphatic rings. The predicted octanol–water partition coefficient (Wildman–Crippen LogP) is 3.48. The molecular weight excluding hydrogens is 370 g/mol. The fourth-order valence-electron chi connectivity index (χ4n) is 2.38. The topological polar surface area (TPSA) is 77.0 Å². The Morgan fingerprint density at radius 3 is 2.22 bits per heavy atom. The van der Waals surface area contributed by atoms with Gasteiger partial charge in [-0.05, 0) is 26.7 Å². The molecule has 1 rings (SSSR count). The Bertz CT molecular complexity index is 599. The van der Waals surface area contributed by atoms with E-state index in [-0.39, 0.29) is 36.3 Å². The van der Waals surface area contributed by atoms with Gasteiger partial charge < -0.3 is 24.6 Å². The Labute approximate surface area is 169 Å². The summed E-state index contributed by atoms with van der Waals surface area (Å²) in [6.07, 6.45) is -0.327. The largest absolute Gasteiger partial charge is 0.496 e. The first kappa shape index (κ1) is 25.5. The van der Waals surface area contributed by atoms with Crippen LogP contribution in [0.3, 0.4) is 0 Å². The van der Waals surface area contributed by atoms with Crippen LogP contribution in [-0.4, -0.2) is 49.9 Å². The van der Waals surface area contributed by atoms with Crippen molar-refractivity contribution in [1.29, 1.82) is 0 Å². The van der Waals surface area contributed by atoms with Gasteiger partial charge in [0.1, 0.15) is 35.5 Å². The van der Waals surface area contributed by atoms with Crippen LogP contribution in [0.1, 0.15) is 51.4 Å². The van der Waals surface area contributed by atoms with Crippen LogP contribution >= 0.6 is 12.4 Å². The number of carbonyl (C=O) groups excluding carboxylic acids is 1. The van der Waals surface area contributed by atoms with E-state index in [1.54, 1.807) is 12.1 Å². The van der Waals surface area contributed by atoms with Crippen LogP contribution in [0.4, 0.5) is 0 Å². The number of Topliss-reactive ketones (excluding diaryl/α,β-unsaturated/α-hetero) is 1. The molecule has 1 aromatic rings. The number of methoxy groups -OCH3 is 2. The maximum Gasteiger partial charge on any atom is 0.170 e. The van der Waals surface area contributed by atoms with Crippen molar-refractivity contribution < 1.29 is 24.1 Å². The van der Waals surface area contributed by atoms with Gasteiger partial charge in [0.15, 0.2) is 5.78 Å². The molecule has 27 heavy (non-hydrogen) atoms. The molecule has 0 saturated heterocycles. The summed E-state index contributed by atoms with van der Waals surface area (Å²) in [7, 11) is 3.04. The number of hydrogen-bond acceptors (Lipinski definition) is 6. The van der Waals surface area contributed by atoms with E-state index in [2.05, 4.69) is 5.32 Å². The van der Waals surface area contributed by atoms with Gasteiger partial charge in [-0.2, -0.15) is 0 Å². The zero-order valence-electron chi connectivity index (χ0n) is 17.4. The summed E-state index contributed by atoms with van der Waals surface area (Å²) in [5.74, 6) is 1.45. The van der Waals surface area contributed by atoms with Gasteiger partial charge in [0.25, 0.3) is 0 Å². The third-order valence-corrected chi connectivity index (χ3v) is 3.67. The normalized spacial score (nSPS) is 12.3. The SMILES string of the molecule is COc1cc(OC)c(C(=O)CC(C)C)c(OC[C@@H](O)CNC(C)(C)C)c1.Cl. The molecule has 0 aliphatic carbocycles. The molecule has 0 heterocycles. The van der Waals surface area contributed by atoms with Gasteiger partial charge in [0.2, 0.25) is 0 Å². The standard InChI is InChI=1S/C20H33NO5.ClH/c1-13(2)8-16(23)19-17(25-7)9-15(24-6)10-18(19)26-12-14(22)11-21-20(3,4)5;/h9-10,13-14,21-22H,8,11-12H2,1-7H3;1H/t14-;/m0./s1. The van der Waals surface area contributed by atoms with E-state index in [1.807, 2.05) is 34.6 Å². The molecule has 7 heteroatoms. The maximum atomic E-state index is 12.7. The molecule has 0 unspecified atom stereocenters. The highest BCUT2D eigenvalue weighted by Crippen LogP contribution is 2.35. The van der Waals surface area contributed by atoms with Crippen molar-refractivity contribution in [3.05, 3.63) is 17.7 Å². The van der Waals surface area contributed by atoms with Gasteiger partial charge in [-0.3, -0.25) is 4.79 Å². The monoisotopic (exact) mass is 403 g/mol. The van der Waals surface area contributed by atoms with Crippen molar-refractivity contribution in [3.8, 4) is 17.2 Å². The Balaban J connectivity index is 0.00000676. The number of nitrogens with one attached hydrogen (secondary N) is 1. The fraction of sp³-hybridized carbons (Fsp3) is 0.650. The minimum atomic E-state index is -0.709. The summed E-state index contributed by atoms with van der Waals surface area (Å²) < 4.78 is 16.4. The maximum absolute atomic E-state index is 12.7. The van der Waals surface area contributed by atoms with Crippen molar-refractivity contribution in [1.82, 2.24) is 5.32 Å². The minimum absolute atomic E-state index is 0. The van der Waals surface area contributed by atoms with Crippen molar-refractivity contribution in [2.75, 3.05) is 27.4 Å². The predicted molar refractivity (Wildman–Crippen MR) is 110 cm³/mol. The van der Waals surface area contributed by atoms with Crippen molar-refractivity contribution in [3.63, 3.8) is 0 Å². The van der Waals surface area contributed by atoms with Crippen LogP contribution in [-0.2, 0) is 0 Å². The highest BCUT2D eigenvalue weighted by molar-refractivity contribution is 6.01. The number of ketones is 1. The molecule has 0 saturated carbocycles. The van der Waals surface area contributed by atoms with Gasteiger partial charge >= 0.3 is 0 Å². The molecule has 0 bridgehead atoms. The average molecular weight is 404 g/mol. The summed E-state index contributed by atoms with van der Waals surface area (Å²) >= 11 is 0. The lowest BCUT2D eigenvalue weighted by Gasteiger charge is -2.23. The number of aliphatic hydroxyl groups excluding tert-OH is 1. The Morgan fingerprint density at radius 1 is 1.15 bits per heavy atom. The number of halogens is 1. The fourth-order valence-corrected chi connectivity index (χ4v) is 2.38. The van der Waals surface area contributed by atoms with Gasteiger partial charge in [-0.15, -0.1) is 12.4 Å². The summed E-state index contributed by atoms with van der Waals surface area (Å²) in [5, 5.41) is 13.4. The van der Waals surface area contributed by atoms with Gasteiger partial charge in [-0.1, -0.05) is 13.8 Å². The Kier molecular flexibility index (Phi) is 10.7. The third kappa shape index (κ3) is 8.82. The van der Waals surface area contributed by atoms with Crippen LogP contribution in [0.15, 0.2) is 12.1 Å². The zero-order chi connectivity index (χ0) is 19.9. The van der Waals surface area contributed by atoms with Crippen molar-refractivity contribution in [2.24, 2.45) is 5.92 Å². The first-order valence-corrected chi connectivity index (χ1v) is 8.92.